The van der Waals surface area contributed by atoms with Gasteiger partial charge in [-0.25, -0.2) is 5.43 Å². The Morgan fingerprint density at radius 1 is 0.966 bits per heavy atom. The van der Waals surface area contributed by atoms with Gasteiger partial charge in [0.15, 0.2) is 0 Å². The fraction of sp³-hybridized carbons (Fsp3) is 0.167. The summed E-state index contributed by atoms with van der Waals surface area (Å²) >= 11 is 0. The van der Waals surface area contributed by atoms with Crippen LogP contribution < -0.4 is 10.3 Å². The first-order chi connectivity index (χ1) is 14.0. The Balaban J connectivity index is 1.39. The Labute approximate surface area is 170 Å². The molecular formula is C24H23N3O2. The maximum atomic E-state index is 12.3. The lowest BCUT2D eigenvalue weighted by Gasteiger charge is -2.17. The summed E-state index contributed by atoms with van der Waals surface area (Å²) in [5.74, 6) is -0.0693. The molecule has 1 aliphatic heterocycles. The van der Waals surface area contributed by atoms with Crippen LogP contribution in [0.2, 0.25) is 0 Å². The molecule has 0 radical (unpaired) electrons. The SMILES string of the molecule is Cc1cc2c(cc1C)CN(c1ccc(C(=O)N/N=C\c3ccc(O)cc3)cc1)C2. The molecule has 29 heavy (non-hydrogen) atoms. The van der Waals surface area contributed by atoms with Crippen molar-refractivity contribution < 1.29 is 9.90 Å². The molecule has 2 N–H and O–H groups in total. The number of aryl methyl sites for hydroxylation is 2. The lowest BCUT2D eigenvalue weighted by Crippen LogP contribution is -2.18. The molecule has 146 valence electrons. The van der Waals surface area contributed by atoms with Crippen LogP contribution in [0.1, 0.15) is 38.2 Å². The average molecular weight is 385 g/mol. The van der Waals surface area contributed by atoms with Crippen LogP contribution in [0, 0.1) is 13.8 Å². The number of carbonyl (C=O) groups excluding carboxylic acids is 1. The number of aromatic hydroxyl groups is 1. The summed E-state index contributed by atoms with van der Waals surface area (Å²) < 4.78 is 0. The highest BCUT2D eigenvalue weighted by atomic mass is 16.3. The van der Waals surface area contributed by atoms with E-state index in [1.807, 2.05) is 24.3 Å². The first-order valence-corrected chi connectivity index (χ1v) is 9.56. The third-order valence-corrected chi connectivity index (χ3v) is 5.31. The van der Waals surface area contributed by atoms with Crippen LogP contribution in [0.15, 0.2) is 65.8 Å². The third kappa shape index (κ3) is 4.14. The van der Waals surface area contributed by atoms with E-state index in [0.717, 1.165) is 24.3 Å². The first-order valence-electron chi connectivity index (χ1n) is 9.56. The highest BCUT2D eigenvalue weighted by Crippen LogP contribution is 2.30. The second-order valence-corrected chi connectivity index (χ2v) is 7.40. The van der Waals surface area contributed by atoms with Gasteiger partial charge in [0.25, 0.3) is 5.91 Å². The quantitative estimate of drug-likeness (QED) is 0.520. The highest BCUT2D eigenvalue weighted by Gasteiger charge is 2.20. The van der Waals surface area contributed by atoms with Gasteiger partial charge >= 0.3 is 0 Å². The van der Waals surface area contributed by atoms with E-state index in [4.69, 9.17) is 0 Å². The molecule has 0 unspecified atom stereocenters. The van der Waals surface area contributed by atoms with Crippen LogP contribution in [0.5, 0.6) is 5.75 Å². The number of rotatable bonds is 4. The van der Waals surface area contributed by atoms with E-state index in [0.29, 0.717) is 5.56 Å². The molecule has 4 rings (SSSR count). The molecule has 0 aliphatic carbocycles. The Morgan fingerprint density at radius 2 is 1.55 bits per heavy atom. The number of nitrogens with one attached hydrogen (secondary N) is 1. The van der Waals surface area contributed by atoms with Crippen molar-refractivity contribution in [3.8, 4) is 5.75 Å². The molecular weight excluding hydrogens is 362 g/mol. The molecule has 5 heteroatoms. The molecule has 0 spiro atoms. The lowest BCUT2D eigenvalue weighted by atomic mass is 10.0. The Hall–Kier alpha value is -3.60. The minimum Gasteiger partial charge on any atom is -0.508 e. The van der Waals surface area contributed by atoms with E-state index in [1.165, 1.54) is 28.5 Å². The van der Waals surface area contributed by atoms with E-state index in [-0.39, 0.29) is 11.7 Å². The summed E-state index contributed by atoms with van der Waals surface area (Å²) in [5.41, 5.74) is 10.4. The summed E-state index contributed by atoms with van der Waals surface area (Å²) in [7, 11) is 0. The van der Waals surface area contributed by atoms with Gasteiger partial charge < -0.3 is 10.0 Å². The smallest absolute Gasteiger partial charge is 0.271 e. The minimum absolute atomic E-state index is 0.192. The van der Waals surface area contributed by atoms with Gasteiger partial charge in [0.2, 0.25) is 0 Å². The Kier molecular flexibility index (Phi) is 5.04. The molecule has 3 aromatic carbocycles. The maximum Gasteiger partial charge on any atom is 0.271 e. The van der Waals surface area contributed by atoms with Gasteiger partial charge in [-0.2, -0.15) is 5.10 Å². The second-order valence-electron chi connectivity index (χ2n) is 7.40. The van der Waals surface area contributed by atoms with Crippen LogP contribution in [0.25, 0.3) is 0 Å². The predicted octanol–water partition coefficient (Wildman–Crippen LogP) is 4.29. The lowest BCUT2D eigenvalue weighted by molar-refractivity contribution is 0.0955. The highest BCUT2D eigenvalue weighted by molar-refractivity contribution is 5.95. The van der Waals surface area contributed by atoms with Crippen LogP contribution in [0.3, 0.4) is 0 Å². The fourth-order valence-electron chi connectivity index (χ4n) is 3.49. The standard InChI is InChI=1S/C24H23N3O2/c1-16-11-20-14-27(15-21(20)12-17(16)2)22-7-5-19(6-8-22)24(29)26-25-13-18-3-9-23(28)10-4-18/h3-13,28H,14-15H2,1-2H3,(H,26,29)/b25-13-. The number of phenolic OH excluding ortho intramolecular Hbond substituents is 1. The minimum atomic E-state index is -0.262. The Morgan fingerprint density at radius 3 is 2.14 bits per heavy atom. The molecule has 5 nitrogen and oxygen atoms in total. The normalized spacial score (nSPS) is 13.0. The van der Waals surface area contributed by atoms with E-state index >= 15 is 0 Å². The molecule has 0 saturated heterocycles. The number of anilines is 1. The monoisotopic (exact) mass is 385 g/mol. The maximum absolute atomic E-state index is 12.3. The summed E-state index contributed by atoms with van der Waals surface area (Å²) in [6.45, 7) is 6.07. The zero-order chi connectivity index (χ0) is 20.4. The van der Waals surface area contributed by atoms with Crippen molar-refractivity contribution in [2.75, 3.05) is 4.90 Å². The molecule has 0 atom stereocenters. The number of nitrogens with zero attached hydrogens (tertiary/aromatic N) is 2. The van der Waals surface area contributed by atoms with Gasteiger partial charge in [-0.05, 0) is 90.2 Å². The van der Waals surface area contributed by atoms with Gasteiger partial charge in [-0.15, -0.1) is 0 Å². The molecule has 0 saturated carbocycles. The summed E-state index contributed by atoms with van der Waals surface area (Å²) in [4.78, 5) is 14.6. The van der Waals surface area contributed by atoms with Crippen molar-refractivity contribution >= 4 is 17.8 Å². The van der Waals surface area contributed by atoms with Crippen molar-refractivity contribution in [3.63, 3.8) is 0 Å². The predicted molar refractivity (Wildman–Crippen MR) is 115 cm³/mol. The molecule has 0 aromatic heterocycles. The second kappa shape index (κ2) is 7.80. The molecule has 0 fully saturated rings. The van der Waals surface area contributed by atoms with Crippen molar-refractivity contribution in [3.05, 3.63) is 94.0 Å². The Bertz CT molecular complexity index is 1040. The molecule has 1 aliphatic rings. The zero-order valence-corrected chi connectivity index (χ0v) is 16.5. The number of carbonyl (C=O) groups is 1. The van der Waals surface area contributed by atoms with Gasteiger partial charge in [0.05, 0.1) is 6.21 Å². The van der Waals surface area contributed by atoms with Crippen LogP contribution in [0.4, 0.5) is 5.69 Å². The van der Waals surface area contributed by atoms with E-state index in [2.05, 4.69) is 41.4 Å². The van der Waals surface area contributed by atoms with Gasteiger partial charge in [0, 0.05) is 24.3 Å². The van der Waals surface area contributed by atoms with Crippen molar-refractivity contribution in [1.29, 1.82) is 0 Å². The van der Waals surface area contributed by atoms with E-state index in [9.17, 15) is 9.90 Å². The van der Waals surface area contributed by atoms with Crippen molar-refractivity contribution in [2.45, 2.75) is 26.9 Å². The van der Waals surface area contributed by atoms with E-state index in [1.54, 1.807) is 24.3 Å². The number of fused-ring (bicyclic) bond motifs is 1. The molecule has 1 heterocycles. The zero-order valence-electron chi connectivity index (χ0n) is 16.5. The first kappa shape index (κ1) is 18.7. The van der Waals surface area contributed by atoms with Crippen LogP contribution in [-0.4, -0.2) is 17.2 Å². The van der Waals surface area contributed by atoms with Crippen molar-refractivity contribution in [1.82, 2.24) is 5.43 Å². The summed E-state index contributed by atoms with van der Waals surface area (Å²) in [6, 6.07) is 18.7. The molecule has 0 bridgehead atoms. The number of hydrazone groups is 1. The molecule has 3 aromatic rings. The van der Waals surface area contributed by atoms with Gasteiger partial charge in [0.1, 0.15) is 5.75 Å². The topological polar surface area (TPSA) is 64.9 Å². The number of phenols is 1. The average Bonchev–Trinajstić information content (AvgIpc) is 3.12. The summed E-state index contributed by atoms with van der Waals surface area (Å²) in [6.07, 6.45) is 1.54. The van der Waals surface area contributed by atoms with Crippen LogP contribution in [-0.2, 0) is 13.1 Å². The third-order valence-electron chi connectivity index (χ3n) is 5.31. The van der Waals surface area contributed by atoms with Crippen molar-refractivity contribution in [2.24, 2.45) is 5.10 Å². The molecule has 1 amide bonds. The van der Waals surface area contributed by atoms with Gasteiger partial charge in [-0.3, -0.25) is 4.79 Å². The number of hydrogen-bond acceptors (Lipinski definition) is 4. The number of hydrogen-bond donors (Lipinski definition) is 2. The fourth-order valence-corrected chi connectivity index (χ4v) is 3.49. The number of amides is 1. The summed E-state index contributed by atoms with van der Waals surface area (Å²) in [5, 5.41) is 13.3. The van der Waals surface area contributed by atoms with Gasteiger partial charge in [-0.1, -0.05) is 12.1 Å². The number of benzene rings is 3. The van der Waals surface area contributed by atoms with Crippen LogP contribution >= 0.6 is 0 Å². The largest absolute Gasteiger partial charge is 0.508 e. The van der Waals surface area contributed by atoms with E-state index < -0.39 is 0 Å².